The molecule has 1 atom stereocenters. The fourth-order valence-electron chi connectivity index (χ4n) is 2.39. The average Bonchev–Trinajstić information content (AvgIpc) is 3.17. The van der Waals surface area contributed by atoms with E-state index in [0.717, 1.165) is 21.9 Å². The maximum absolute atomic E-state index is 9.55. The molecular formula is C17H19N3O6. The van der Waals surface area contributed by atoms with Gasteiger partial charge in [0.05, 0.1) is 30.8 Å². The summed E-state index contributed by atoms with van der Waals surface area (Å²) >= 11 is 0. The molecule has 0 saturated heterocycles. The lowest BCUT2D eigenvalue weighted by Crippen LogP contribution is -2.22. The van der Waals surface area contributed by atoms with Gasteiger partial charge in [-0.3, -0.25) is 4.68 Å². The van der Waals surface area contributed by atoms with Crippen LogP contribution in [0.3, 0.4) is 0 Å². The van der Waals surface area contributed by atoms with Crippen LogP contribution in [0, 0.1) is 0 Å². The third-order valence-electron chi connectivity index (χ3n) is 3.33. The van der Waals surface area contributed by atoms with Crippen LogP contribution >= 0.6 is 0 Å². The zero-order chi connectivity index (χ0) is 19.3. The summed E-state index contributed by atoms with van der Waals surface area (Å²) in [7, 11) is 1.62. The first kappa shape index (κ1) is 19.0. The van der Waals surface area contributed by atoms with Gasteiger partial charge in [0.2, 0.25) is 5.88 Å². The Balaban J connectivity index is 0.000000260. The molecular weight excluding hydrogens is 342 g/mol. The van der Waals surface area contributed by atoms with E-state index in [1.54, 1.807) is 13.4 Å². The van der Waals surface area contributed by atoms with Crippen molar-refractivity contribution in [1.82, 2.24) is 9.78 Å². The molecule has 0 aliphatic heterocycles. The molecule has 0 unspecified atom stereocenters. The van der Waals surface area contributed by atoms with Crippen molar-refractivity contribution in [2.75, 3.05) is 7.11 Å². The van der Waals surface area contributed by atoms with Gasteiger partial charge in [-0.25, -0.2) is 9.59 Å². The average molecular weight is 361 g/mol. The third-order valence-corrected chi connectivity index (χ3v) is 3.33. The highest BCUT2D eigenvalue weighted by molar-refractivity contribution is 6.05. The molecule has 138 valence electrons. The molecule has 0 aliphatic carbocycles. The van der Waals surface area contributed by atoms with Crippen molar-refractivity contribution in [2.24, 2.45) is 5.73 Å². The summed E-state index contributed by atoms with van der Waals surface area (Å²) in [5.41, 5.74) is 7.71. The first-order valence-corrected chi connectivity index (χ1v) is 7.63. The number of fused-ring (bicyclic) bond motifs is 3. The summed E-state index contributed by atoms with van der Waals surface area (Å²) < 4.78 is 12.6. The van der Waals surface area contributed by atoms with Crippen molar-refractivity contribution in [3.05, 3.63) is 36.6 Å². The first-order valence-electron chi connectivity index (χ1n) is 7.63. The van der Waals surface area contributed by atoms with Crippen LogP contribution < -0.4 is 10.5 Å². The lowest BCUT2D eigenvalue weighted by Gasteiger charge is -2.06. The lowest BCUT2D eigenvalue weighted by atomic mass is 10.2. The quantitative estimate of drug-likeness (QED) is 0.585. The topological polar surface area (TPSA) is 141 Å². The van der Waals surface area contributed by atoms with Gasteiger partial charge in [-0.05, 0) is 25.1 Å². The van der Waals surface area contributed by atoms with Gasteiger partial charge in [0, 0.05) is 23.6 Å². The van der Waals surface area contributed by atoms with Crippen molar-refractivity contribution < 1.29 is 29.0 Å². The van der Waals surface area contributed by atoms with E-state index in [-0.39, 0.29) is 6.04 Å². The number of carboxylic acid groups (broad SMARTS) is 2. The number of furan rings is 1. The van der Waals surface area contributed by atoms with Gasteiger partial charge < -0.3 is 25.1 Å². The molecule has 1 aromatic carbocycles. The Morgan fingerprint density at radius 2 is 1.92 bits per heavy atom. The first-order chi connectivity index (χ1) is 12.3. The van der Waals surface area contributed by atoms with Crippen LogP contribution in [0.1, 0.15) is 6.92 Å². The molecule has 2 heterocycles. The molecule has 0 saturated carbocycles. The van der Waals surface area contributed by atoms with E-state index in [1.165, 1.54) is 0 Å². The van der Waals surface area contributed by atoms with Crippen molar-refractivity contribution in [3.63, 3.8) is 0 Å². The van der Waals surface area contributed by atoms with E-state index in [2.05, 4.69) is 5.10 Å². The Kier molecular flexibility index (Phi) is 5.97. The van der Waals surface area contributed by atoms with Crippen LogP contribution in [0.4, 0.5) is 0 Å². The second kappa shape index (κ2) is 8.17. The number of hydrogen-bond donors (Lipinski definition) is 3. The van der Waals surface area contributed by atoms with E-state index in [1.807, 2.05) is 29.8 Å². The minimum atomic E-state index is -1.26. The molecule has 0 amide bonds. The van der Waals surface area contributed by atoms with Crippen LogP contribution in [0.5, 0.6) is 5.88 Å². The fraction of sp³-hybridized carbons (Fsp3) is 0.235. The molecule has 3 aromatic rings. The number of nitrogens with two attached hydrogens (primary N) is 1. The van der Waals surface area contributed by atoms with Gasteiger partial charge in [0.15, 0.2) is 0 Å². The molecule has 0 spiro atoms. The van der Waals surface area contributed by atoms with Gasteiger partial charge in [0.1, 0.15) is 5.58 Å². The molecule has 0 aliphatic rings. The molecule has 2 aromatic heterocycles. The van der Waals surface area contributed by atoms with Crippen molar-refractivity contribution in [1.29, 1.82) is 0 Å². The highest BCUT2D eigenvalue weighted by Gasteiger charge is 2.15. The van der Waals surface area contributed by atoms with E-state index >= 15 is 0 Å². The number of benzene rings is 1. The number of carboxylic acids is 2. The summed E-state index contributed by atoms with van der Waals surface area (Å²) in [6, 6.07) is 5.86. The summed E-state index contributed by atoms with van der Waals surface area (Å²) in [6.45, 7) is 2.60. The van der Waals surface area contributed by atoms with Crippen molar-refractivity contribution in [3.8, 4) is 5.88 Å². The van der Waals surface area contributed by atoms with Gasteiger partial charge in [-0.2, -0.15) is 0 Å². The lowest BCUT2D eigenvalue weighted by molar-refractivity contribution is -0.134. The minimum Gasteiger partial charge on any atom is -0.479 e. The second-order valence-corrected chi connectivity index (χ2v) is 5.47. The number of hydrogen-bond acceptors (Lipinski definition) is 6. The number of aromatic nitrogens is 2. The highest BCUT2D eigenvalue weighted by atomic mass is 16.5. The number of nitrogens with zero attached hydrogens (tertiary/aromatic N) is 2. The van der Waals surface area contributed by atoms with E-state index in [4.69, 9.17) is 25.1 Å². The number of carbonyl (C=O) groups is 2. The minimum absolute atomic E-state index is 0.0277. The number of methoxy groups -OCH3 is 1. The van der Waals surface area contributed by atoms with Gasteiger partial charge in [0.25, 0.3) is 0 Å². The number of rotatable bonds is 5. The zero-order valence-corrected chi connectivity index (χ0v) is 14.2. The Bertz CT molecular complexity index is 938. The predicted molar refractivity (Wildman–Crippen MR) is 94.1 cm³/mol. The summed E-state index contributed by atoms with van der Waals surface area (Å²) in [6.07, 6.45) is 2.80. The zero-order valence-electron chi connectivity index (χ0n) is 14.2. The highest BCUT2D eigenvalue weighted by Crippen LogP contribution is 2.31. The Morgan fingerprint density at radius 1 is 1.27 bits per heavy atom. The summed E-state index contributed by atoms with van der Waals surface area (Å²) in [4.78, 5) is 19.1. The molecule has 4 N–H and O–H groups in total. The predicted octanol–water partition coefficient (Wildman–Crippen LogP) is 1.85. The monoisotopic (exact) mass is 361 g/mol. The summed E-state index contributed by atoms with van der Waals surface area (Å²) in [5.74, 6) is -1.89. The molecule has 9 heteroatoms. The van der Waals surface area contributed by atoms with Crippen LogP contribution in [0.2, 0.25) is 0 Å². The molecule has 0 bridgehead atoms. The normalized spacial score (nSPS) is 12.1. The van der Waals surface area contributed by atoms with Crippen LogP contribution in [0.25, 0.3) is 21.9 Å². The van der Waals surface area contributed by atoms with Crippen LogP contribution in [-0.4, -0.2) is 45.1 Å². The maximum Gasteiger partial charge on any atom is 0.328 e. The summed E-state index contributed by atoms with van der Waals surface area (Å²) in [5, 5.41) is 22.1. The Morgan fingerprint density at radius 3 is 2.46 bits per heavy atom. The largest absolute Gasteiger partial charge is 0.479 e. The van der Waals surface area contributed by atoms with Crippen molar-refractivity contribution >= 4 is 33.8 Å². The number of aliphatic carboxylic acids is 2. The fourth-order valence-corrected chi connectivity index (χ4v) is 2.39. The van der Waals surface area contributed by atoms with Crippen LogP contribution in [0.15, 0.2) is 41.0 Å². The van der Waals surface area contributed by atoms with Crippen molar-refractivity contribution in [2.45, 2.75) is 19.5 Å². The smallest absolute Gasteiger partial charge is 0.328 e. The van der Waals surface area contributed by atoms with Gasteiger partial charge in [-0.1, -0.05) is 0 Å². The standard InChI is InChI=1S/C13H15N3O2.C4H4O4/c1-8(14)7-16-12-9-5-6-18-11(9)4-3-10(12)13(15-16)17-2;5-3(6)1-2-4(7)8/h3-6,8H,7,14H2,1-2H3;1-2H,(H,5,6)(H,7,8)/b;2-1+/t8-;/m0./s1. The van der Waals surface area contributed by atoms with Gasteiger partial charge in [-0.15, -0.1) is 5.10 Å². The molecule has 0 fully saturated rings. The van der Waals surface area contributed by atoms with Crippen LogP contribution in [-0.2, 0) is 16.1 Å². The molecule has 26 heavy (non-hydrogen) atoms. The Hall–Kier alpha value is -3.33. The molecule has 3 rings (SSSR count). The van der Waals surface area contributed by atoms with E-state index in [9.17, 15) is 9.59 Å². The van der Waals surface area contributed by atoms with E-state index in [0.29, 0.717) is 24.6 Å². The second-order valence-electron chi connectivity index (χ2n) is 5.47. The SMILES string of the molecule is COc1nn(C[C@H](C)N)c2c1ccc1occc12.O=C(O)/C=C/C(=O)O. The molecule has 0 radical (unpaired) electrons. The van der Waals surface area contributed by atoms with Gasteiger partial charge >= 0.3 is 11.9 Å². The maximum atomic E-state index is 9.55. The number of ether oxygens (including phenoxy) is 1. The molecule has 9 nitrogen and oxygen atoms in total. The Labute approximate surface area is 148 Å². The van der Waals surface area contributed by atoms with E-state index < -0.39 is 11.9 Å². The third kappa shape index (κ3) is 4.39.